The van der Waals surface area contributed by atoms with Crippen LogP contribution in [0.4, 0.5) is 61.5 Å². The van der Waals surface area contributed by atoms with Crippen LogP contribution in [-0.2, 0) is 17.0 Å². The summed E-state index contributed by atoms with van der Waals surface area (Å²) in [6.07, 6.45) is -4.77. The van der Waals surface area contributed by atoms with Gasteiger partial charge in [-0.05, 0) is 25.7 Å². The Hall–Kier alpha value is -5.23. The lowest BCUT2D eigenvalue weighted by Crippen LogP contribution is -2.25. The number of alkyl halides is 4. The van der Waals surface area contributed by atoms with Crippen molar-refractivity contribution in [3.63, 3.8) is 0 Å². The molecule has 58 heavy (non-hydrogen) atoms. The van der Waals surface area contributed by atoms with Crippen molar-refractivity contribution in [1.82, 2.24) is 0 Å². The minimum Gasteiger partial charge on any atom is -0.493 e. The third kappa shape index (κ3) is 12.4. The molecule has 0 aliphatic heterocycles. The number of carbonyl (C=O) groups excluding carboxylic acids is 1. The van der Waals surface area contributed by atoms with Crippen LogP contribution in [0.5, 0.6) is 23.0 Å². The molecular formula is C39H32F14O5. The van der Waals surface area contributed by atoms with Crippen LogP contribution in [0.2, 0.25) is 0 Å². The fraction of sp³-hybridized carbons (Fsp3) is 0.359. The molecule has 5 nitrogen and oxygen atoms in total. The van der Waals surface area contributed by atoms with Gasteiger partial charge < -0.3 is 18.9 Å². The topological polar surface area (TPSA) is 54.0 Å². The predicted molar refractivity (Wildman–Crippen MR) is 177 cm³/mol. The highest BCUT2D eigenvalue weighted by Crippen LogP contribution is 2.39. The van der Waals surface area contributed by atoms with E-state index in [4.69, 9.17) is 9.47 Å². The summed E-state index contributed by atoms with van der Waals surface area (Å²) in [6.45, 7) is -0.106. The van der Waals surface area contributed by atoms with Gasteiger partial charge in [0.15, 0.2) is 34.9 Å². The molecule has 0 radical (unpaired) electrons. The van der Waals surface area contributed by atoms with Crippen molar-refractivity contribution in [3.05, 3.63) is 118 Å². The first-order valence-electron chi connectivity index (χ1n) is 17.5. The van der Waals surface area contributed by atoms with Crippen molar-refractivity contribution >= 4 is 5.78 Å². The Balaban J connectivity index is 1.07. The van der Waals surface area contributed by atoms with E-state index in [0.29, 0.717) is 75.6 Å². The van der Waals surface area contributed by atoms with E-state index in [1.807, 2.05) is 0 Å². The minimum atomic E-state index is -4.74. The Bertz CT molecular complexity index is 1820. The number of benzene rings is 4. The number of Topliss-reactive ketones (excluding diaryl/α,β-unsaturated/α-hetero) is 1. The average Bonchev–Trinajstić information content (AvgIpc) is 3.10. The zero-order valence-corrected chi connectivity index (χ0v) is 29.9. The second kappa shape index (κ2) is 20.0. The summed E-state index contributed by atoms with van der Waals surface area (Å²) in [5, 5.41) is 0. The molecule has 0 atom stereocenters. The first kappa shape index (κ1) is 45.5. The number of hydrogen-bond acceptors (Lipinski definition) is 5. The highest BCUT2D eigenvalue weighted by atomic mass is 19.3. The van der Waals surface area contributed by atoms with Gasteiger partial charge in [-0.25, -0.2) is 43.9 Å². The fourth-order valence-corrected chi connectivity index (χ4v) is 5.46. The fourth-order valence-electron chi connectivity index (χ4n) is 5.46. The van der Waals surface area contributed by atoms with Crippen LogP contribution in [-0.4, -0.2) is 19.0 Å². The quantitative estimate of drug-likeness (QED) is 0.0448. The van der Waals surface area contributed by atoms with Gasteiger partial charge in [0.05, 0.1) is 13.2 Å². The number of carbonyl (C=O) groups is 1. The summed E-state index contributed by atoms with van der Waals surface area (Å²) in [7, 11) is 0. The number of ether oxygens (including phenoxy) is 4. The molecule has 0 saturated carbocycles. The molecule has 0 aromatic heterocycles. The third-order valence-corrected chi connectivity index (χ3v) is 8.26. The molecule has 0 fully saturated rings. The molecular weight excluding hydrogens is 814 g/mol. The average molecular weight is 847 g/mol. The Labute approximate surface area is 321 Å². The van der Waals surface area contributed by atoms with Crippen LogP contribution >= 0.6 is 0 Å². The normalized spacial score (nSPS) is 11.8. The number of halogens is 14. The molecule has 0 aliphatic rings. The molecule has 0 aliphatic carbocycles. The van der Waals surface area contributed by atoms with E-state index in [1.54, 1.807) is 0 Å². The molecule has 0 bridgehead atoms. The van der Waals surface area contributed by atoms with Crippen LogP contribution in [0, 0.1) is 58.2 Å². The van der Waals surface area contributed by atoms with Gasteiger partial charge in [-0.1, -0.05) is 25.7 Å². The highest BCUT2D eigenvalue weighted by molar-refractivity contribution is 5.78. The molecule has 316 valence electrons. The maximum atomic E-state index is 14.5. The van der Waals surface area contributed by atoms with Crippen molar-refractivity contribution < 1.29 is 85.2 Å². The van der Waals surface area contributed by atoms with E-state index in [1.165, 1.54) is 0 Å². The van der Waals surface area contributed by atoms with Crippen LogP contribution in [0.3, 0.4) is 0 Å². The van der Waals surface area contributed by atoms with E-state index < -0.39 is 105 Å². The zero-order chi connectivity index (χ0) is 42.8. The largest absolute Gasteiger partial charge is 0.493 e. The van der Waals surface area contributed by atoms with Crippen molar-refractivity contribution in [2.75, 3.05) is 13.2 Å². The summed E-state index contributed by atoms with van der Waals surface area (Å²) in [5.41, 5.74) is -3.73. The van der Waals surface area contributed by atoms with Crippen LogP contribution in [0.1, 0.15) is 75.3 Å². The maximum Gasteiger partial charge on any atom is 0.432 e. The van der Waals surface area contributed by atoms with Crippen LogP contribution in [0.15, 0.2) is 48.5 Å². The molecule has 0 heterocycles. The minimum absolute atomic E-state index is 0.00413. The van der Waals surface area contributed by atoms with E-state index in [2.05, 4.69) is 9.47 Å². The molecule has 4 aromatic rings. The van der Waals surface area contributed by atoms with Crippen LogP contribution < -0.4 is 18.9 Å². The van der Waals surface area contributed by atoms with E-state index in [9.17, 15) is 66.3 Å². The monoisotopic (exact) mass is 846 g/mol. The van der Waals surface area contributed by atoms with Gasteiger partial charge in [0, 0.05) is 61.4 Å². The molecule has 0 saturated heterocycles. The summed E-state index contributed by atoms with van der Waals surface area (Å²) in [6, 6.07) is 2.20. The predicted octanol–water partition coefficient (Wildman–Crippen LogP) is 12.3. The van der Waals surface area contributed by atoms with Gasteiger partial charge in [-0.3, -0.25) is 4.79 Å². The van der Waals surface area contributed by atoms with Crippen molar-refractivity contribution in [2.24, 2.45) is 0 Å². The standard InChI is InChI=1S/C39H32F14O5/c40-26-13-22(14-27(41)34(26)38(50,51)57-24-17-30(44)36(48)31(45)18-24)55-11-7-3-1-5-9-21(54)10-6-2-4-8-12-56-23-15-28(42)35(29(43)16-23)39(52,53)58-25-19-32(46)37(49)33(47)20-25/h13-20H,1-12H2. The molecule has 19 heteroatoms. The third-order valence-electron chi connectivity index (χ3n) is 8.26. The molecule has 4 rings (SSSR count). The number of hydrogen-bond donors (Lipinski definition) is 0. The zero-order valence-electron chi connectivity index (χ0n) is 29.9. The first-order chi connectivity index (χ1) is 27.3. The maximum absolute atomic E-state index is 14.5. The number of rotatable bonds is 22. The Morgan fingerprint density at radius 3 is 0.983 bits per heavy atom. The number of unbranched alkanes of at least 4 members (excludes halogenated alkanes) is 6. The van der Waals surface area contributed by atoms with Crippen molar-refractivity contribution in [3.8, 4) is 23.0 Å². The van der Waals surface area contributed by atoms with E-state index in [0.717, 1.165) is 0 Å². The summed E-state index contributed by atoms with van der Waals surface area (Å²) in [5.74, 6) is -21.7. The lowest BCUT2D eigenvalue weighted by Gasteiger charge is -2.20. The second-order valence-electron chi connectivity index (χ2n) is 12.7. The van der Waals surface area contributed by atoms with Crippen molar-refractivity contribution in [2.45, 2.75) is 76.4 Å². The Morgan fingerprint density at radius 2 is 0.672 bits per heavy atom. The van der Waals surface area contributed by atoms with Gasteiger partial charge in [-0.2, -0.15) is 17.6 Å². The molecule has 4 aromatic carbocycles. The molecule has 0 unspecified atom stereocenters. The van der Waals surface area contributed by atoms with Gasteiger partial charge in [0.1, 0.15) is 63.2 Å². The summed E-state index contributed by atoms with van der Waals surface area (Å²) < 4.78 is 214. The van der Waals surface area contributed by atoms with Gasteiger partial charge >= 0.3 is 12.2 Å². The summed E-state index contributed by atoms with van der Waals surface area (Å²) >= 11 is 0. The van der Waals surface area contributed by atoms with Gasteiger partial charge in [0.25, 0.3) is 0 Å². The smallest absolute Gasteiger partial charge is 0.432 e. The molecule has 0 amide bonds. The van der Waals surface area contributed by atoms with Gasteiger partial charge in [-0.15, -0.1) is 0 Å². The van der Waals surface area contributed by atoms with Gasteiger partial charge in [0.2, 0.25) is 0 Å². The number of ketones is 1. The first-order valence-corrected chi connectivity index (χ1v) is 17.5. The lowest BCUT2D eigenvalue weighted by atomic mass is 10.0. The molecule has 0 N–H and O–H groups in total. The van der Waals surface area contributed by atoms with Crippen LogP contribution in [0.25, 0.3) is 0 Å². The molecule has 0 spiro atoms. The highest BCUT2D eigenvalue weighted by Gasteiger charge is 2.43. The van der Waals surface area contributed by atoms with E-state index >= 15 is 0 Å². The SMILES string of the molecule is O=C(CCCCCCOc1cc(F)c(C(F)(F)Oc2cc(F)c(F)c(F)c2)c(F)c1)CCCCCCOc1cc(F)c(C(F)(F)Oc2cc(F)c(F)c(F)c2)c(F)c1. The summed E-state index contributed by atoms with van der Waals surface area (Å²) in [4.78, 5) is 12.2. The lowest BCUT2D eigenvalue weighted by molar-refractivity contribution is -0.190. The Kier molecular flexibility index (Phi) is 15.6. The second-order valence-corrected chi connectivity index (χ2v) is 12.7. The van der Waals surface area contributed by atoms with Crippen molar-refractivity contribution in [1.29, 1.82) is 0 Å². The Morgan fingerprint density at radius 1 is 0.397 bits per heavy atom. The van der Waals surface area contributed by atoms with E-state index in [-0.39, 0.29) is 56.1 Å².